The molecule has 0 fully saturated rings. The first-order chi connectivity index (χ1) is 12.6. The Bertz CT molecular complexity index is 730. The SMILES string of the molecule is CC(C)C(CNC(=O)OC(C)(C)C)COc1ccc(-c2cn(C)cn2)cc1. The lowest BCUT2D eigenvalue weighted by Crippen LogP contribution is -2.38. The molecule has 27 heavy (non-hydrogen) atoms. The van der Waals surface area contributed by atoms with Crippen molar-refractivity contribution in [2.75, 3.05) is 13.2 Å². The normalized spacial score (nSPS) is 12.7. The van der Waals surface area contributed by atoms with Gasteiger partial charge in [-0.05, 0) is 51.0 Å². The van der Waals surface area contributed by atoms with E-state index in [1.54, 1.807) is 6.33 Å². The van der Waals surface area contributed by atoms with Crippen LogP contribution < -0.4 is 10.1 Å². The van der Waals surface area contributed by atoms with E-state index in [-0.39, 0.29) is 5.92 Å². The Morgan fingerprint density at radius 1 is 1.22 bits per heavy atom. The van der Waals surface area contributed by atoms with Crippen LogP contribution in [0.5, 0.6) is 5.75 Å². The number of carbonyl (C=O) groups is 1. The number of rotatable bonds is 7. The first-order valence-electron chi connectivity index (χ1n) is 9.32. The fourth-order valence-electron chi connectivity index (χ4n) is 2.50. The van der Waals surface area contributed by atoms with Crippen LogP contribution in [0, 0.1) is 11.8 Å². The summed E-state index contributed by atoms with van der Waals surface area (Å²) in [5.74, 6) is 1.36. The molecule has 0 saturated carbocycles. The van der Waals surface area contributed by atoms with Crippen molar-refractivity contribution < 1.29 is 14.3 Å². The molecule has 0 saturated heterocycles. The van der Waals surface area contributed by atoms with Gasteiger partial charge in [0.1, 0.15) is 11.4 Å². The molecule has 1 unspecified atom stereocenters. The molecular formula is C21H31N3O3. The number of imidazole rings is 1. The first kappa shape index (κ1) is 20.8. The molecule has 6 nitrogen and oxygen atoms in total. The molecule has 0 aliphatic rings. The molecule has 0 aliphatic carbocycles. The minimum Gasteiger partial charge on any atom is -0.493 e. The third-order valence-electron chi connectivity index (χ3n) is 4.17. The topological polar surface area (TPSA) is 65.4 Å². The second kappa shape index (κ2) is 8.93. The maximum atomic E-state index is 11.9. The highest BCUT2D eigenvalue weighted by Crippen LogP contribution is 2.22. The molecular weight excluding hydrogens is 342 g/mol. The highest BCUT2D eigenvalue weighted by molar-refractivity contribution is 5.67. The fourth-order valence-corrected chi connectivity index (χ4v) is 2.50. The van der Waals surface area contributed by atoms with Gasteiger partial charge in [-0.1, -0.05) is 13.8 Å². The van der Waals surface area contributed by atoms with Crippen molar-refractivity contribution in [1.29, 1.82) is 0 Å². The number of amides is 1. The Morgan fingerprint density at radius 2 is 1.89 bits per heavy atom. The Hall–Kier alpha value is -2.50. The molecule has 2 rings (SSSR count). The summed E-state index contributed by atoms with van der Waals surface area (Å²) in [5.41, 5.74) is 1.49. The summed E-state index contributed by atoms with van der Waals surface area (Å²) in [7, 11) is 1.95. The van der Waals surface area contributed by atoms with Crippen LogP contribution >= 0.6 is 0 Å². The van der Waals surface area contributed by atoms with Crippen LogP contribution in [0.2, 0.25) is 0 Å². The number of benzene rings is 1. The molecule has 1 amide bonds. The van der Waals surface area contributed by atoms with Crippen LogP contribution in [0.15, 0.2) is 36.8 Å². The summed E-state index contributed by atoms with van der Waals surface area (Å²) in [6.45, 7) is 10.8. The van der Waals surface area contributed by atoms with Crippen LogP contribution in [0.1, 0.15) is 34.6 Å². The summed E-state index contributed by atoms with van der Waals surface area (Å²) in [6, 6.07) is 7.90. The lowest BCUT2D eigenvalue weighted by atomic mass is 9.97. The van der Waals surface area contributed by atoms with Crippen LogP contribution in [-0.4, -0.2) is 34.4 Å². The monoisotopic (exact) mass is 373 g/mol. The maximum absolute atomic E-state index is 11.9. The number of hydrogen-bond donors (Lipinski definition) is 1. The average molecular weight is 373 g/mol. The minimum absolute atomic E-state index is 0.188. The molecule has 0 spiro atoms. The van der Waals surface area contributed by atoms with Crippen molar-refractivity contribution in [1.82, 2.24) is 14.9 Å². The Morgan fingerprint density at radius 3 is 2.41 bits per heavy atom. The van der Waals surface area contributed by atoms with Gasteiger partial charge in [-0.25, -0.2) is 9.78 Å². The van der Waals surface area contributed by atoms with E-state index in [1.165, 1.54) is 0 Å². The van der Waals surface area contributed by atoms with Gasteiger partial charge in [-0.2, -0.15) is 0 Å². The summed E-state index contributed by atoms with van der Waals surface area (Å²) < 4.78 is 13.2. The van der Waals surface area contributed by atoms with Crippen molar-refractivity contribution in [2.24, 2.45) is 18.9 Å². The number of ether oxygens (including phenoxy) is 2. The second-order valence-electron chi connectivity index (χ2n) is 8.15. The van der Waals surface area contributed by atoms with E-state index in [1.807, 2.05) is 62.8 Å². The average Bonchev–Trinajstić information content (AvgIpc) is 3.00. The van der Waals surface area contributed by atoms with Gasteiger partial charge < -0.3 is 19.4 Å². The summed E-state index contributed by atoms with van der Waals surface area (Å²) in [6.07, 6.45) is 3.37. The predicted molar refractivity (Wildman–Crippen MR) is 107 cm³/mol. The van der Waals surface area contributed by atoms with Gasteiger partial charge in [0.2, 0.25) is 0 Å². The number of aryl methyl sites for hydroxylation is 1. The van der Waals surface area contributed by atoms with E-state index in [4.69, 9.17) is 9.47 Å². The minimum atomic E-state index is -0.497. The summed E-state index contributed by atoms with van der Waals surface area (Å²) >= 11 is 0. The van der Waals surface area contributed by atoms with E-state index in [9.17, 15) is 4.79 Å². The largest absolute Gasteiger partial charge is 0.493 e. The molecule has 1 N–H and O–H groups in total. The molecule has 148 valence electrons. The molecule has 1 aromatic heterocycles. The summed E-state index contributed by atoms with van der Waals surface area (Å²) in [4.78, 5) is 16.2. The third kappa shape index (κ3) is 6.96. The molecule has 1 aromatic carbocycles. The van der Waals surface area contributed by atoms with E-state index in [0.29, 0.717) is 19.1 Å². The van der Waals surface area contributed by atoms with Gasteiger partial charge in [0.25, 0.3) is 0 Å². The third-order valence-corrected chi connectivity index (χ3v) is 4.17. The van der Waals surface area contributed by atoms with Crippen LogP contribution in [0.25, 0.3) is 11.3 Å². The van der Waals surface area contributed by atoms with E-state index >= 15 is 0 Å². The molecule has 0 bridgehead atoms. The zero-order valence-corrected chi connectivity index (χ0v) is 17.2. The van der Waals surface area contributed by atoms with Crippen LogP contribution in [0.3, 0.4) is 0 Å². The lowest BCUT2D eigenvalue weighted by Gasteiger charge is -2.24. The lowest BCUT2D eigenvalue weighted by molar-refractivity contribution is 0.0507. The van der Waals surface area contributed by atoms with Crippen molar-refractivity contribution in [2.45, 2.75) is 40.2 Å². The van der Waals surface area contributed by atoms with Crippen LogP contribution in [-0.2, 0) is 11.8 Å². The highest BCUT2D eigenvalue weighted by atomic mass is 16.6. The molecule has 0 aliphatic heterocycles. The van der Waals surface area contributed by atoms with Crippen molar-refractivity contribution >= 4 is 6.09 Å². The number of aromatic nitrogens is 2. The van der Waals surface area contributed by atoms with Crippen molar-refractivity contribution in [3.05, 3.63) is 36.8 Å². The second-order valence-corrected chi connectivity index (χ2v) is 8.15. The Balaban J connectivity index is 1.87. The number of nitrogens with one attached hydrogen (secondary N) is 1. The van der Waals surface area contributed by atoms with Gasteiger partial charge in [0, 0.05) is 31.3 Å². The zero-order chi connectivity index (χ0) is 20.0. The molecule has 6 heteroatoms. The van der Waals surface area contributed by atoms with E-state index in [0.717, 1.165) is 17.0 Å². The van der Waals surface area contributed by atoms with Crippen molar-refractivity contribution in [3.63, 3.8) is 0 Å². The van der Waals surface area contributed by atoms with E-state index < -0.39 is 11.7 Å². The Kier molecular flexibility index (Phi) is 6.88. The van der Waals surface area contributed by atoms with Gasteiger partial charge in [0.05, 0.1) is 18.6 Å². The number of carbonyl (C=O) groups excluding carboxylic acids is 1. The maximum Gasteiger partial charge on any atom is 0.407 e. The van der Waals surface area contributed by atoms with Gasteiger partial charge >= 0.3 is 6.09 Å². The quantitative estimate of drug-likeness (QED) is 0.787. The standard InChI is InChI=1S/C21H31N3O3/c1-15(2)17(11-22-20(25)27-21(3,4)5)13-26-18-9-7-16(8-10-18)19-12-24(6)14-23-19/h7-10,12,14-15,17H,11,13H2,1-6H3,(H,22,25). The Labute approximate surface area is 161 Å². The van der Waals surface area contributed by atoms with Crippen molar-refractivity contribution in [3.8, 4) is 17.0 Å². The molecule has 1 heterocycles. The first-order valence-corrected chi connectivity index (χ1v) is 9.32. The smallest absolute Gasteiger partial charge is 0.407 e. The highest BCUT2D eigenvalue weighted by Gasteiger charge is 2.19. The zero-order valence-electron chi connectivity index (χ0n) is 17.2. The fraction of sp³-hybridized carbons (Fsp3) is 0.524. The molecule has 2 aromatic rings. The van der Waals surface area contributed by atoms with Gasteiger partial charge in [0.15, 0.2) is 0 Å². The van der Waals surface area contributed by atoms with Crippen LogP contribution in [0.4, 0.5) is 4.79 Å². The van der Waals surface area contributed by atoms with Gasteiger partial charge in [-0.3, -0.25) is 0 Å². The number of nitrogens with zero attached hydrogens (tertiary/aromatic N) is 2. The molecule has 1 atom stereocenters. The number of hydrogen-bond acceptors (Lipinski definition) is 4. The van der Waals surface area contributed by atoms with E-state index in [2.05, 4.69) is 24.1 Å². The summed E-state index contributed by atoms with van der Waals surface area (Å²) in [5, 5.41) is 2.84. The molecule has 0 radical (unpaired) electrons. The number of alkyl carbamates (subject to hydrolysis) is 1. The van der Waals surface area contributed by atoms with Gasteiger partial charge in [-0.15, -0.1) is 0 Å². The predicted octanol–water partition coefficient (Wildman–Crippen LogP) is 4.26.